The zero-order chi connectivity index (χ0) is 15.3. The van der Waals surface area contributed by atoms with Crippen LogP contribution in [0.1, 0.15) is 30.1 Å². The lowest BCUT2D eigenvalue weighted by atomic mass is 9.83. The van der Waals surface area contributed by atoms with Crippen LogP contribution in [0, 0.1) is 5.41 Å². The zero-order valence-corrected chi connectivity index (χ0v) is 13.0. The van der Waals surface area contributed by atoms with Crippen LogP contribution < -0.4 is 20.1 Å². The minimum Gasteiger partial charge on any atom is -0.496 e. The molecule has 0 radical (unpaired) electrons. The largest absolute Gasteiger partial charge is 0.496 e. The van der Waals surface area contributed by atoms with Crippen molar-refractivity contribution in [2.45, 2.75) is 19.8 Å². The Morgan fingerprint density at radius 3 is 2.52 bits per heavy atom. The van der Waals surface area contributed by atoms with Crippen LogP contribution in [0.15, 0.2) is 18.2 Å². The molecule has 1 unspecified atom stereocenters. The van der Waals surface area contributed by atoms with E-state index in [0.29, 0.717) is 23.6 Å². The molecule has 1 aliphatic rings. The van der Waals surface area contributed by atoms with Crippen molar-refractivity contribution in [3.8, 4) is 11.5 Å². The molecule has 1 amide bonds. The van der Waals surface area contributed by atoms with Crippen molar-refractivity contribution in [3.05, 3.63) is 23.8 Å². The van der Waals surface area contributed by atoms with Crippen LogP contribution in [0.5, 0.6) is 11.5 Å². The van der Waals surface area contributed by atoms with Gasteiger partial charge in [0.2, 0.25) is 0 Å². The van der Waals surface area contributed by atoms with Gasteiger partial charge in [-0.25, -0.2) is 0 Å². The minimum absolute atomic E-state index is 0.100. The Kier molecular flexibility index (Phi) is 5.07. The highest BCUT2D eigenvalue weighted by atomic mass is 16.5. The molecule has 0 spiro atoms. The van der Waals surface area contributed by atoms with E-state index in [1.165, 1.54) is 0 Å². The second-order valence-electron chi connectivity index (χ2n) is 5.81. The third kappa shape index (κ3) is 3.67. The number of hydrogen-bond donors (Lipinski definition) is 2. The smallest absolute Gasteiger partial charge is 0.258 e. The highest BCUT2D eigenvalue weighted by Gasteiger charge is 2.28. The first-order chi connectivity index (χ1) is 10.1. The summed E-state index contributed by atoms with van der Waals surface area (Å²) in [6, 6.07) is 5.34. The van der Waals surface area contributed by atoms with E-state index in [9.17, 15) is 4.79 Å². The summed E-state index contributed by atoms with van der Waals surface area (Å²) in [7, 11) is 3.11. The lowest BCUT2D eigenvalue weighted by molar-refractivity contribution is 0.0918. The molecule has 1 aromatic rings. The van der Waals surface area contributed by atoms with Crippen LogP contribution in [-0.2, 0) is 0 Å². The first-order valence-electron chi connectivity index (χ1n) is 7.29. The molecule has 21 heavy (non-hydrogen) atoms. The first-order valence-corrected chi connectivity index (χ1v) is 7.29. The SMILES string of the molecule is COc1cccc(OC)c1C(=O)NCC1(C)CCCNC1. The topological polar surface area (TPSA) is 59.6 Å². The van der Waals surface area contributed by atoms with Crippen LogP contribution in [-0.4, -0.2) is 39.8 Å². The van der Waals surface area contributed by atoms with Crippen molar-refractivity contribution in [2.75, 3.05) is 33.9 Å². The van der Waals surface area contributed by atoms with Gasteiger partial charge in [-0.15, -0.1) is 0 Å². The van der Waals surface area contributed by atoms with E-state index in [1.54, 1.807) is 32.4 Å². The molecule has 1 heterocycles. The van der Waals surface area contributed by atoms with Crippen LogP contribution in [0.2, 0.25) is 0 Å². The van der Waals surface area contributed by atoms with Gasteiger partial charge in [0.1, 0.15) is 17.1 Å². The molecule has 0 aromatic heterocycles. The van der Waals surface area contributed by atoms with Crippen molar-refractivity contribution in [1.29, 1.82) is 0 Å². The van der Waals surface area contributed by atoms with Gasteiger partial charge in [-0.2, -0.15) is 0 Å². The maximum Gasteiger partial charge on any atom is 0.258 e. The van der Waals surface area contributed by atoms with Gasteiger partial charge in [0.15, 0.2) is 0 Å². The van der Waals surface area contributed by atoms with E-state index in [1.807, 2.05) is 0 Å². The fraction of sp³-hybridized carbons (Fsp3) is 0.562. The molecule has 0 saturated carbocycles. The number of nitrogens with one attached hydrogen (secondary N) is 2. The molecule has 0 aliphatic carbocycles. The Morgan fingerprint density at radius 2 is 2.00 bits per heavy atom. The fourth-order valence-corrected chi connectivity index (χ4v) is 2.73. The molecular formula is C16H24N2O3. The summed E-state index contributed by atoms with van der Waals surface area (Å²) >= 11 is 0. The average molecular weight is 292 g/mol. The molecule has 1 aliphatic heterocycles. The van der Waals surface area contributed by atoms with Gasteiger partial charge < -0.3 is 20.1 Å². The Labute approximate surface area is 126 Å². The van der Waals surface area contributed by atoms with Crippen molar-refractivity contribution in [2.24, 2.45) is 5.41 Å². The van der Waals surface area contributed by atoms with E-state index in [2.05, 4.69) is 17.6 Å². The zero-order valence-electron chi connectivity index (χ0n) is 13.0. The predicted molar refractivity (Wildman–Crippen MR) is 82.1 cm³/mol. The highest BCUT2D eigenvalue weighted by Crippen LogP contribution is 2.29. The number of carbonyl (C=O) groups excluding carboxylic acids is 1. The fourth-order valence-electron chi connectivity index (χ4n) is 2.73. The highest BCUT2D eigenvalue weighted by molar-refractivity contribution is 5.99. The molecule has 5 heteroatoms. The van der Waals surface area contributed by atoms with E-state index < -0.39 is 0 Å². The van der Waals surface area contributed by atoms with Gasteiger partial charge in [-0.05, 0) is 36.9 Å². The molecule has 5 nitrogen and oxygen atoms in total. The monoisotopic (exact) mass is 292 g/mol. The number of piperidine rings is 1. The third-order valence-electron chi connectivity index (χ3n) is 4.02. The summed E-state index contributed by atoms with van der Waals surface area (Å²) in [4.78, 5) is 12.5. The average Bonchev–Trinajstić information content (AvgIpc) is 2.52. The first kappa shape index (κ1) is 15.6. The molecule has 116 valence electrons. The Bertz CT molecular complexity index is 474. The lowest BCUT2D eigenvalue weighted by Crippen LogP contribution is -2.45. The van der Waals surface area contributed by atoms with Gasteiger partial charge in [-0.3, -0.25) is 4.79 Å². The second kappa shape index (κ2) is 6.80. The van der Waals surface area contributed by atoms with E-state index in [4.69, 9.17) is 9.47 Å². The molecular weight excluding hydrogens is 268 g/mol. The van der Waals surface area contributed by atoms with Crippen LogP contribution in [0.3, 0.4) is 0 Å². The Morgan fingerprint density at radius 1 is 1.33 bits per heavy atom. The van der Waals surface area contributed by atoms with Gasteiger partial charge in [0.05, 0.1) is 14.2 Å². The Balaban J connectivity index is 2.09. The molecule has 1 fully saturated rings. The number of methoxy groups -OCH3 is 2. The van der Waals surface area contributed by atoms with E-state index in [-0.39, 0.29) is 11.3 Å². The van der Waals surface area contributed by atoms with Crippen LogP contribution >= 0.6 is 0 Å². The number of benzene rings is 1. The minimum atomic E-state index is -0.156. The molecule has 1 saturated heterocycles. The summed E-state index contributed by atoms with van der Waals surface area (Å²) < 4.78 is 10.5. The summed E-state index contributed by atoms with van der Waals surface area (Å²) in [5.74, 6) is 0.897. The summed E-state index contributed by atoms with van der Waals surface area (Å²) in [6.45, 7) is 4.82. The summed E-state index contributed by atoms with van der Waals surface area (Å²) in [5.41, 5.74) is 0.554. The summed E-state index contributed by atoms with van der Waals surface area (Å²) in [5, 5.41) is 6.40. The van der Waals surface area contributed by atoms with Gasteiger partial charge in [-0.1, -0.05) is 13.0 Å². The number of carbonyl (C=O) groups is 1. The molecule has 0 bridgehead atoms. The Hall–Kier alpha value is -1.75. The number of amides is 1. The van der Waals surface area contributed by atoms with Gasteiger partial charge in [0, 0.05) is 13.1 Å². The van der Waals surface area contributed by atoms with E-state index in [0.717, 1.165) is 25.9 Å². The molecule has 1 atom stereocenters. The standard InChI is InChI=1S/C16H24N2O3/c1-16(8-5-9-17-10-16)11-18-15(19)14-12(20-2)6-4-7-13(14)21-3/h4,6-7,17H,5,8-11H2,1-3H3,(H,18,19). The number of rotatable bonds is 5. The maximum atomic E-state index is 12.5. The van der Waals surface area contributed by atoms with Crippen LogP contribution in [0.4, 0.5) is 0 Å². The lowest BCUT2D eigenvalue weighted by Gasteiger charge is -2.34. The number of hydrogen-bond acceptors (Lipinski definition) is 4. The summed E-state index contributed by atoms with van der Waals surface area (Å²) in [6.07, 6.45) is 2.26. The van der Waals surface area contributed by atoms with Crippen LogP contribution in [0.25, 0.3) is 0 Å². The molecule has 2 rings (SSSR count). The van der Waals surface area contributed by atoms with Gasteiger partial charge in [0.25, 0.3) is 5.91 Å². The predicted octanol–water partition coefficient (Wildman–Crippen LogP) is 1.82. The third-order valence-corrected chi connectivity index (χ3v) is 4.02. The molecule has 1 aromatic carbocycles. The second-order valence-corrected chi connectivity index (χ2v) is 5.81. The maximum absolute atomic E-state index is 12.5. The van der Waals surface area contributed by atoms with E-state index >= 15 is 0 Å². The van der Waals surface area contributed by atoms with Gasteiger partial charge >= 0.3 is 0 Å². The quantitative estimate of drug-likeness (QED) is 0.869. The van der Waals surface area contributed by atoms with Crippen molar-refractivity contribution in [1.82, 2.24) is 10.6 Å². The normalized spacial score (nSPS) is 21.7. The van der Waals surface area contributed by atoms with Crippen molar-refractivity contribution < 1.29 is 14.3 Å². The molecule has 2 N–H and O–H groups in total. The van der Waals surface area contributed by atoms with Crippen molar-refractivity contribution in [3.63, 3.8) is 0 Å². The number of ether oxygens (including phenoxy) is 2. The van der Waals surface area contributed by atoms with Crippen molar-refractivity contribution >= 4 is 5.91 Å².